The van der Waals surface area contributed by atoms with E-state index in [1.165, 1.54) is 23.9 Å². The van der Waals surface area contributed by atoms with E-state index >= 15 is 0 Å². The summed E-state index contributed by atoms with van der Waals surface area (Å²) in [6, 6.07) is 16.0. The largest absolute Gasteiger partial charge is 0.444 e. The van der Waals surface area contributed by atoms with Crippen LogP contribution in [0.1, 0.15) is 69.7 Å². The second-order valence-corrected chi connectivity index (χ2v) is 14.4. The molecule has 6 rings (SSSR count). The van der Waals surface area contributed by atoms with Gasteiger partial charge < -0.3 is 14.5 Å². The van der Waals surface area contributed by atoms with Crippen LogP contribution in [0.2, 0.25) is 0 Å². The molecule has 0 N–H and O–H groups in total. The second kappa shape index (κ2) is 10.9. The minimum atomic E-state index is -3.62. The van der Waals surface area contributed by atoms with Gasteiger partial charge >= 0.3 is 6.09 Å². The number of fused-ring (bicyclic) bond motifs is 1. The molecular formula is C31H40N4O5S. The van der Waals surface area contributed by atoms with E-state index in [4.69, 9.17) is 14.0 Å². The Balaban J connectivity index is 1.10. The van der Waals surface area contributed by atoms with Gasteiger partial charge in [0.05, 0.1) is 23.9 Å². The molecule has 0 unspecified atom stereocenters. The van der Waals surface area contributed by atoms with Crippen molar-refractivity contribution in [1.82, 2.24) is 14.7 Å². The molecule has 41 heavy (non-hydrogen) atoms. The zero-order valence-electron chi connectivity index (χ0n) is 24.2. The minimum absolute atomic E-state index is 0.104. The van der Waals surface area contributed by atoms with Crippen molar-refractivity contribution in [2.45, 2.75) is 69.8 Å². The van der Waals surface area contributed by atoms with Gasteiger partial charge in [-0.05, 0) is 76.1 Å². The molecule has 3 fully saturated rings. The van der Waals surface area contributed by atoms with E-state index in [0.717, 1.165) is 42.7 Å². The molecule has 220 valence electrons. The maximum atomic E-state index is 12.5. The van der Waals surface area contributed by atoms with Crippen LogP contribution < -0.4 is 4.90 Å². The monoisotopic (exact) mass is 580 g/mol. The van der Waals surface area contributed by atoms with Gasteiger partial charge in [0.15, 0.2) is 0 Å². The highest BCUT2D eigenvalue weighted by atomic mass is 32.2. The third-order valence-corrected chi connectivity index (χ3v) is 9.39. The van der Waals surface area contributed by atoms with Gasteiger partial charge in [-0.15, -0.1) is 0 Å². The van der Waals surface area contributed by atoms with Crippen molar-refractivity contribution in [3.05, 3.63) is 59.8 Å². The molecule has 1 aliphatic heterocycles. The van der Waals surface area contributed by atoms with Crippen LogP contribution in [0, 0.1) is 5.92 Å². The van der Waals surface area contributed by atoms with Crippen LogP contribution in [0.5, 0.6) is 0 Å². The fourth-order valence-corrected chi connectivity index (χ4v) is 6.90. The van der Waals surface area contributed by atoms with E-state index in [-0.39, 0.29) is 30.4 Å². The smallest absolute Gasteiger partial charge is 0.410 e. The first-order chi connectivity index (χ1) is 19.5. The highest BCUT2D eigenvalue weighted by molar-refractivity contribution is 7.85. The lowest BCUT2D eigenvalue weighted by atomic mass is 9.81. The number of nitrogens with zero attached hydrogens (tertiary/aromatic N) is 4. The van der Waals surface area contributed by atoms with Crippen molar-refractivity contribution in [1.29, 1.82) is 0 Å². The van der Waals surface area contributed by atoms with Crippen molar-refractivity contribution in [3.8, 4) is 0 Å². The minimum Gasteiger partial charge on any atom is -0.444 e. The molecule has 1 amide bonds. The van der Waals surface area contributed by atoms with Crippen LogP contribution in [0.15, 0.2) is 48.5 Å². The highest BCUT2D eigenvalue weighted by Crippen LogP contribution is 2.46. The fourth-order valence-electron chi connectivity index (χ4n) is 5.81. The molecule has 2 heterocycles. The molecule has 2 saturated carbocycles. The summed E-state index contributed by atoms with van der Waals surface area (Å²) in [4.78, 5) is 16.6. The van der Waals surface area contributed by atoms with E-state index in [9.17, 15) is 13.2 Å². The third-order valence-electron chi connectivity index (χ3n) is 8.21. The topological polar surface area (TPSA) is 94.0 Å². The van der Waals surface area contributed by atoms with E-state index in [0.29, 0.717) is 19.0 Å². The third kappa shape index (κ3) is 6.54. The Morgan fingerprint density at radius 1 is 1.00 bits per heavy atom. The summed E-state index contributed by atoms with van der Waals surface area (Å²) in [5.41, 5.74) is 3.69. The fraction of sp³-hybridized carbons (Fsp3) is 0.548. The maximum absolute atomic E-state index is 12.5. The second-order valence-electron chi connectivity index (χ2n) is 12.7. The maximum Gasteiger partial charge on any atom is 0.410 e. The molecule has 10 heteroatoms. The number of ether oxygens (including phenoxy) is 1. The number of amides is 1. The number of anilines is 1. The van der Waals surface area contributed by atoms with Crippen LogP contribution in [0.4, 0.5) is 10.5 Å². The van der Waals surface area contributed by atoms with Crippen molar-refractivity contribution < 1.29 is 22.1 Å². The molecule has 2 aromatic carbocycles. The summed E-state index contributed by atoms with van der Waals surface area (Å²) >= 11 is 0. The Morgan fingerprint density at radius 2 is 1.71 bits per heavy atom. The predicted molar refractivity (Wildman–Crippen MR) is 159 cm³/mol. The van der Waals surface area contributed by atoms with Gasteiger partial charge in [-0.3, -0.25) is 8.86 Å². The summed E-state index contributed by atoms with van der Waals surface area (Å²) in [6.07, 6.45) is 3.80. The quantitative estimate of drug-likeness (QED) is 0.326. The molecule has 1 saturated heterocycles. The molecule has 3 aromatic rings. The first kappa shape index (κ1) is 28.0. The zero-order valence-corrected chi connectivity index (χ0v) is 25.0. The summed E-state index contributed by atoms with van der Waals surface area (Å²) in [5.74, 6) is 0.621. The standard InChI is InChI=1S/C31H40N4O5S/c1-31(2,3)40-30(36)34-15-13-33(14-16-34)25-11-12-27-28(19-25)35(32-29(27)24-9-10-24)26-17-23(18-26)20-39-41(37,38)21-22-7-5-4-6-8-22/h4-8,11-12,19,23-24,26H,9-10,13-18,20-21H2,1-3H3. The number of benzene rings is 2. The SMILES string of the molecule is CC(C)(C)OC(=O)N1CCN(c2ccc3c(C4CC4)nn(C4CC(COS(=O)(=O)Cc5ccccc5)C4)c3c2)CC1. The van der Waals surface area contributed by atoms with E-state index in [2.05, 4.69) is 27.8 Å². The molecule has 9 nitrogen and oxygen atoms in total. The lowest BCUT2D eigenvalue weighted by Gasteiger charge is -2.37. The molecule has 0 spiro atoms. The lowest BCUT2D eigenvalue weighted by molar-refractivity contribution is 0.0240. The molecule has 0 bridgehead atoms. The Bertz CT molecular complexity index is 1500. The summed E-state index contributed by atoms with van der Waals surface area (Å²) in [5, 5.41) is 6.31. The summed E-state index contributed by atoms with van der Waals surface area (Å²) in [7, 11) is -3.62. The Hall–Kier alpha value is -3.11. The van der Waals surface area contributed by atoms with E-state index in [1.807, 2.05) is 39.0 Å². The number of hydrogen-bond acceptors (Lipinski definition) is 7. The van der Waals surface area contributed by atoms with Gasteiger partial charge in [-0.2, -0.15) is 13.5 Å². The lowest BCUT2D eigenvalue weighted by Crippen LogP contribution is -2.50. The number of carbonyl (C=O) groups is 1. The van der Waals surface area contributed by atoms with Crippen molar-refractivity contribution in [3.63, 3.8) is 0 Å². The van der Waals surface area contributed by atoms with Crippen LogP contribution >= 0.6 is 0 Å². The van der Waals surface area contributed by atoms with Gasteiger partial charge in [0, 0.05) is 43.2 Å². The predicted octanol–water partition coefficient (Wildman–Crippen LogP) is 5.47. The van der Waals surface area contributed by atoms with Crippen molar-refractivity contribution in [2.24, 2.45) is 5.92 Å². The molecule has 0 atom stereocenters. The van der Waals surface area contributed by atoms with Crippen LogP contribution in [-0.2, 0) is 24.8 Å². The first-order valence-corrected chi connectivity index (χ1v) is 16.3. The Kier molecular flexibility index (Phi) is 7.48. The van der Waals surface area contributed by atoms with Gasteiger partial charge in [-0.1, -0.05) is 30.3 Å². The number of aromatic nitrogens is 2. The highest BCUT2D eigenvalue weighted by Gasteiger charge is 2.36. The molecule has 2 aliphatic carbocycles. The van der Waals surface area contributed by atoms with E-state index in [1.54, 1.807) is 17.0 Å². The Morgan fingerprint density at radius 3 is 2.37 bits per heavy atom. The number of rotatable bonds is 8. The van der Waals surface area contributed by atoms with Crippen LogP contribution in [0.3, 0.4) is 0 Å². The average Bonchev–Trinajstić information content (AvgIpc) is 3.68. The normalized spacial score (nSPS) is 21.6. The van der Waals surface area contributed by atoms with Crippen LogP contribution in [0.25, 0.3) is 10.9 Å². The zero-order chi connectivity index (χ0) is 28.8. The first-order valence-electron chi connectivity index (χ1n) is 14.7. The van der Waals surface area contributed by atoms with Gasteiger partial charge in [-0.25, -0.2) is 4.79 Å². The molecule has 3 aliphatic rings. The number of piperazine rings is 1. The average molecular weight is 581 g/mol. The molecular weight excluding hydrogens is 540 g/mol. The summed E-state index contributed by atoms with van der Waals surface area (Å²) < 4.78 is 38.1. The van der Waals surface area contributed by atoms with Gasteiger partial charge in [0.2, 0.25) is 0 Å². The van der Waals surface area contributed by atoms with E-state index < -0.39 is 15.7 Å². The van der Waals surface area contributed by atoms with Crippen LogP contribution in [-0.4, -0.2) is 67.6 Å². The van der Waals surface area contributed by atoms with Crippen molar-refractivity contribution >= 4 is 32.8 Å². The van der Waals surface area contributed by atoms with Gasteiger partial charge in [0.25, 0.3) is 10.1 Å². The Labute approximate surface area is 242 Å². The van der Waals surface area contributed by atoms with Gasteiger partial charge in [0.1, 0.15) is 11.4 Å². The number of carbonyl (C=O) groups excluding carboxylic acids is 1. The molecule has 1 aromatic heterocycles. The number of hydrogen-bond donors (Lipinski definition) is 0. The summed E-state index contributed by atoms with van der Waals surface area (Å²) in [6.45, 7) is 8.62. The van der Waals surface area contributed by atoms with Crippen molar-refractivity contribution in [2.75, 3.05) is 37.7 Å². The molecule has 0 radical (unpaired) electrons.